The van der Waals surface area contributed by atoms with Crippen LogP contribution in [0.5, 0.6) is 5.75 Å². The molecule has 3 aromatic rings. The molecule has 204 valence electrons. The number of nitrogens with zero attached hydrogens (tertiary/aromatic N) is 2. The van der Waals surface area contributed by atoms with Gasteiger partial charge >= 0.3 is 18.6 Å². The van der Waals surface area contributed by atoms with E-state index >= 15 is 0 Å². The van der Waals surface area contributed by atoms with Crippen LogP contribution in [0.1, 0.15) is 38.8 Å². The maximum atomic E-state index is 11.3. The molecule has 0 bridgehead atoms. The largest absolute Gasteiger partial charge is 0.487 e. The molecule has 2 atom stereocenters. The number of aromatic amines is 1. The van der Waals surface area contributed by atoms with Gasteiger partial charge in [0.2, 0.25) is 0 Å². The van der Waals surface area contributed by atoms with Gasteiger partial charge in [0.05, 0.1) is 5.41 Å². The van der Waals surface area contributed by atoms with Gasteiger partial charge in [-0.25, -0.2) is 4.79 Å². The molecular formula is C27H30F3N3O5. The minimum Gasteiger partial charge on any atom is -0.487 e. The average molecular weight is 534 g/mol. The number of H-pyrrole nitrogens is 1. The summed E-state index contributed by atoms with van der Waals surface area (Å²) in [4.78, 5) is 22.5. The zero-order chi connectivity index (χ0) is 28.1. The zero-order valence-corrected chi connectivity index (χ0v) is 21.0. The Balaban J connectivity index is 0.000000234. The summed E-state index contributed by atoms with van der Waals surface area (Å²) in [6, 6.07) is 14.2. The first-order valence-electron chi connectivity index (χ1n) is 11.8. The highest BCUT2D eigenvalue weighted by atomic mass is 19.4. The normalized spacial score (nSPS) is 18.1. The van der Waals surface area contributed by atoms with Crippen molar-refractivity contribution in [1.82, 2.24) is 15.4 Å². The smallest absolute Gasteiger partial charge is 0.379 e. The zero-order valence-electron chi connectivity index (χ0n) is 21.0. The highest BCUT2D eigenvalue weighted by Gasteiger charge is 2.43. The molecule has 38 heavy (non-hydrogen) atoms. The molecule has 0 saturated carbocycles. The summed E-state index contributed by atoms with van der Waals surface area (Å²) < 4.78 is 34.6. The van der Waals surface area contributed by atoms with Crippen molar-refractivity contribution in [3.05, 3.63) is 78.2 Å². The summed E-state index contributed by atoms with van der Waals surface area (Å²) in [5.41, 5.74) is -0.124. The molecule has 2 aromatic carbocycles. The third-order valence-electron chi connectivity index (χ3n) is 5.95. The molecule has 2 unspecified atom stereocenters. The molecule has 0 fully saturated rings. The molecule has 3 N–H and O–H groups in total. The molecule has 11 heteroatoms. The topological polar surface area (TPSA) is 125 Å². The summed E-state index contributed by atoms with van der Waals surface area (Å²) in [7, 11) is 0. The summed E-state index contributed by atoms with van der Waals surface area (Å²) in [5, 5.41) is 31.0. The van der Waals surface area contributed by atoms with Gasteiger partial charge in [0.15, 0.2) is 0 Å². The second kappa shape index (κ2) is 14.6. The lowest BCUT2D eigenvalue weighted by atomic mass is 9.68. The number of unbranched alkanes of at least 4 members (excludes halogenated alkanes) is 1. The molecule has 1 aliphatic rings. The number of alkyl halides is 3. The van der Waals surface area contributed by atoms with E-state index in [4.69, 9.17) is 9.84 Å². The van der Waals surface area contributed by atoms with Crippen molar-refractivity contribution in [2.45, 2.75) is 46.4 Å². The van der Waals surface area contributed by atoms with E-state index in [0.29, 0.717) is 13.0 Å². The predicted molar refractivity (Wildman–Crippen MR) is 135 cm³/mol. The van der Waals surface area contributed by atoms with Gasteiger partial charge in [-0.15, -0.1) is 5.10 Å². The first kappa shape index (κ1) is 30.1. The van der Waals surface area contributed by atoms with E-state index in [-0.39, 0.29) is 5.57 Å². The van der Waals surface area contributed by atoms with Crippen molar-refractivity contribution < 1.29 is 37.7 Å². The number of benzene rings is 2. The van der Waals surface area contributed by atoms with Gasteiger partial charge in [-0.2, -0.15) is 13.2 Å². The number of carboxylic acid groups (broad SMARTS) is 2. The number of aliphatic carboxylic acids is 2. The van der Waals surface area contributed by atoms with Crippen LogP contribution in [0, 0.1) is 11.3 Å². The van der Waals surface area contributed by atoms with E-state index in [0.717, 1.165) is 24.3 Å². The van der Waals surface area contributed by atoms with Crippen molar-refractivity contribution in [1.29, 1.82) is 0 Å². The quantitative estimate of drug-likeness (QED) is 0.316. The number of nitrogens with one attached hydrogen (secondary N) is 1. The van der Waals surface area contributed by atoms with Gasteiger partial charge in [0.25, 0.3) is 0 Å². The van der Waals surface area contributed by atoms with Crippen molar-refractivity contribution in [3.8, 4) is 5.75 Å². The summed E-state index contributed by atoms with van der Waals surface area (Å²) in [5.74, 6) is -1.61. The van der Waals surface area contributed by atoms with Crippen LogP contribution in [0.15, 0.2) is 72.5 Å². The monoisotopic (exact) mass is 533 g/mol. The fourth-order valence-electron chi connectivity index (χ4n) is 3.92. The lowest BCUT2D eigenvalue weighted by Gasteiger charge is -2.34. The molecule has 4 rings (SSSR count). The molecule has 0 spiro atoms. The Labute approximate surface area is 217 Å². The fraction of sp³-hybridized carbons (Fsp3) is 0.333. The van der Waals surface area contributed by atoms with Crippen molar-refractivity contribution in [2.75, 3.05) is 0 Å². The van der Waals surface area contributed by atoms with E-state index in [9.17, 15) is 27.9 Å². The van der Waals surface area contributed by atoms with E-state index in [1.54, 1.807) is 19.2 Å². The maximum absolute atomic E-state index is 11.3. The summed E-state index contributed by atoms with van der Waals surface area (Å²) in [6.07, 6.45) is 8.67. The number of halogens is 3. The number of carbonyl (C=O) groups is 2. The predicted octanol–water partition coefficient (Wildman–Crippen LogP) is 6.18. The van der Waals surface area contributed by atoms with Gasteiger partial charge in [0, 0.05) is 17.7 Å². The Hall–Kier alpha value is -4.15. The van der Waals surface area contributed by atoms with Crippen LogP contribution in [-0.4, -0.2) is 44.2 Å². The van der Waals surface area contributed by atoms with Crippen LogP contribution in [0.4, 0.5) is 13.2 Å². The number of allylic oxidation sites excluding steroid dienone is 2. The van der Waals surface area contributed by atoms with Gasteiger partial charge in [-0.1, -0.05) is 73.5 Å². The van der Waals surface area contributed by atoms with Crippen LogP contribution < -0.4 is 4.74 Å². The second-order valence-corrected chi connectivity index (χ2v) is 8.58. The average Bonchev–Trinajstić information content (AvgIpc) is 3.40. The van der Waals surface area contributed by atoms with Crippen LogP contribution in [0.25, 0.3) is 10.8 Å². The number of hydrogen-bond acceptors (Lipinski definition) is 5. The standard InChI is InChI=1S/C13H11N3O.C13H18O4.CHF3/c1-2-4-11-7-13(6-5-10(11)3-1)17-9-12-8-14-16-15-12;1-3-4-7-10-9(11(14)15)6-5-8-13(10,2)12(16)17;2-1(3)4/h1-8H,9H2,(H,14,15,16);5-6,8,10H,3-4,7H2,1-2H3,(H,14,15)(H,16,17);1H. The minimum absolute atomic E-state index is 0.200. The molecule has 1 aliphatic carbocycles. The third kappa shape index (κ3) is 8.75. The van der Waals surface area contributed by atoms with E-state index in [1.807, 2.05) is 37.3 Å². The molecule has 1 aromatic heterocycles. The molecule has 8 nitrogen and oxygen atoms in total. The van der Waals surface area contributed by atoms with Gasteiger partial charge in [0.1, 0.15) is 18.1 Å². The van der Waals surface area contributed by atoms with Gasteiger partial charge in [-0.05, 0) is 36.2 Å². The molecule has 0 aliphatic heterocycles. The number of fused-ring (bicyclic) bond motifs is 1. The van der Waals surface area contributed by atoms with Gasteiger partial charge in [-0.3, -0.25) is 9.89 Å². The number of aromatic nitrogens is 3. The SMILES string of the molecule is CCCCC1C(C(=O)O)=CC=CC1(C)C(=O)O.FC(F)F.c1ccc2cc(OCc3c[nH]nn3)ccc2c1. The Morgan fingerprint density at radius 2 is 1.82 bits per heavy atom. The summed E-state index contributed by atoms with van der Waals surface area (Å²) in [6.45, 7) is 0.345. The Kier molecular flexibility index (Phi) is 11.5. The highest BCUT2D eigenvalue weighted by Crippen LogP contribution is 2.41. The molecule has 0 radical (unpaired) electrons. The molecular weight excluding hydrogens is 503 g/mol. The Morgan fingerprint density at radius 3 is 2.39 bits per heavy atom. The highest BCUT2D eigenvalue weighted by molar-refractivity contribution is 5.91. The van der Waals surface area contributed by atoms with Crippen LogP contribution >= 0.6 is 0 Å². The molecule has 0 amide bonds. The Morgan fingerprint density at radius 1 is 1.13 bits per heavy atom. The lowest BCUT2D eigenvalue weighted by Crippen LogP contribution is -2.38. The number of carboxylic acids is 2. The van der Waals surface area contributed by atoms with Gasteiger partial charge < -0.3 is 14.9 Å². The molecule has 0 saturated heterocycles. The number of ether oxygens (including phenoxy) is 1. The lowest BCUT2D eigenvalue weighted by molar-refractivity contribution is -0.148. The molecule has 1 heterocycles. The van der Waals surface area contributed by atoms with Crippen molar-refractivity contribution >= 4 is 22.7 Å². The van der Waals surface area contributed by atoms with E-state index in [1.165, 1.54) is 22.9 Å². The Bertz CT molecular complexity index is 1240. The number of hydrogen-bond donors (Lipinski definition) is 3. The van der Waals surface area contributed by atoms with E-state index in [2.05, 4.69) is 27.5 Å². The minimum atomic E-state index is -3.67. The first-order valence-corrected chi connectivity index (χ1v) is 11.8. The third-order valence-corrected chi connectivity index (χ3v) is 5.95. The van der Waals surface area contributed by atoms with Crippen LogP contribution in [0.3, 0.4) is 0 Å². The van der Waals surface area contributed by atoms with Crippen molar-refractivity contribution in [2.24, 2.45) is 11.3 Å². The second-order valence-electron chi connectivity index (χ2n) is 8.58. The first-order chi connectivity index (χ1) is 18.1. The van der Waals surface area contributed by atoms with Crippen molar-refractivity contribution in [3.63, 3.8) is 0 Å². The number of rotatable bonds is 8. The maximum Gasteiger partial charge on any atom is 0.379 e. The van der Waals surface area contributed by atoms with E-state index < -0.39 is 30.0 Å². The van der Waals surface area contributed by atoms with Crippen LogP contribution in [0.2, 0.25) is 0 Å². The van der Waals surface area contributed by atoms with Crippen LogP contribution in [-0.2, 0) is 16.2 Å². The fourth-order valence-corrected chi connectivity index (χ4v) is 3.92. The summed E-state index contributed by atoms with van der Waals surface area (Å²) >= 11 is 0.